The first-order valence-corrected chi connectivity index (χ1v) is 10.1. The topological polar surface area (TPSA) is 90.7 Å². The summed E-state index contributed by atoms with van der Waals surface area (Å²) in [6, 6.07) is 16.2. The van der Waals surface area contributed by atoms with Gasteiger partial charge in [0.15, 0.2) is 6.61 Å². The van der Waals surface area contributed by atoms with Gasteiger partial charge in [0.1, 0.15) is 17.1 Å². The van der Waals surface area contributed by atoms with E-state index in [1.807, 2.05) is 42.5 Å². The van der Waals surface area contributed by atoms with Crippen molar-refractivity contribution >= 4 is 16.9 Å². The summed E-state index contributed by atoms with van der Waals surface area (Å²) in [4.78, 5) is 28.4. The lowest BCUT2D eigenvalue weighted by atomic mass is 10.00. The fraction of sp³-hybridized carbons (Fsp3) is 0.160. The average Bonchev–Trinajstić information content (AvgIpc) is 2.83. The minimum Gasteiger partial charge on any atom is -0.497 e. The molecule has 4 aromatic rings. The van der Waals surface area contributed by atoms with Gasteiger partial charge in [-0.3, -0.25) is 9.78 Å². The highest BCUT2D eigenvalue weighted by molar-refractivity contribution is 5.95. The van der Waals surface area contributed by atoms with Crippen LogP contribution < -0.4 is 20.4 Å². The molecule has 7 heteroatoms. The van der Waals surface area contributed by atoms with E-state index in [1.165, 1.54) is 6.07 Å². The van der Waals surface area contributed by atoms with E-state index in [-0.39, 0.29) is 12.5 Å². The van der Waals surface area contributed by atoms with E-state index in [0.29, 0.717) is 23.4 Å². The van der Waals surface area contributed by atoms with Crippen molar-refractivity contribution in [1.29, 1.82) is 0 Å². The maximum Gasteiger partial charge on any atom is 0.336 e. The van der Waals surface area contributed by atoms with Crippen LogP contribution in [0.4, 0.5) is 0 Å². The van der Waals surface area contributed by atoms with Gasteiger partial charge in [-0.25, -0.2) is 4.79 Å². The molecule has 0 fully saturated rings. The first-order valence-electron chi connectivity index (χ1n) is 10.1. The van der Waals surface area contributed by atoms with E-state index in [0.717, 1.165) is 27.8 Å². The Hall–Kier alpha value is -4.13. The number of hydrogen-bond donors (Lipinski definition) is 1. The Kier molecular flexibility index (Phi) is 6.17. The number of methoxy groups -OCH3 is 1. The van der Waals surface area contributed by atoms with Gasteiger partial charge in [-0.1, -0.05) is 18.2 Å². The number of nitrogens with zero attached hydrogens (tertiary/aromatic N) is 1. The fourth-order valence-electron chi connectivity index (χ4n) is 3.41. The molecule has 0 unspecified atom stereocenters. The highest BCUT2D eigenvalue weighted by atomic mass is 16.5. The summed E-state index contributed by atoms with van der Waals surface area (Å²) in [6.07, 6.45) is 3.37. The summed E-state index contributed by atoms with van der Waals surface area (Å²) in [6.45, 7) is 2.01. The molecule has 0 saturated heterocycles. The third-order valence-corrected chi connectivity index (χ3v) is 5.08. The molecule has 0 saturated carbocycles. The van der Waals surface area contributed by atoms with Crippen molar-refractivity contribution in [2.24, 2.45) is 0 Å². The van der Waals surface area contributed by atoms with Gasteiger partial charge in [0.2, 0.25) is 0 Å². The molecule has 0 spiro atoms. The number of ether oxygens (including phenoxy) is 2. The van der Waals surface area contributed by atoms with Crippen molar-refractivity contribution in [3.63, 3.8) is 0 Å². The van der Waals surface area contributed by atoms with Crippen LogP contribution in [-0.4, -0.2) is 24.6 Å². The molecule has 2 heterocycles. The molecular formula is C25H22N2O5. The number of benzene rings is 2. The molecule has 2 aromatic carbocycles. The number of rotatable bonds is 7. The summed E-state index contributed by atoms with van der Waals surface area (Å²) in [5.74, 6) is 0.945. The number of hydrogen-bond acceptors (Lipinski definition) is 6. The number of pyridine rings is 1. The summed E-state index contributed by atoms with van der Waals surface area (Å²) in [5, 5.41) is 3.57. The molecule has 4 rings (SSSR count). The SMILES string of the molecule is COc1ccc(-c2cc(=O)oc3c(C)c(OCC(=O)NCc4cccnc4)ccc23)cc1. The van der Waals surface area contributed by atoms with Gasteiger partial charge < -0.3 is 19.2 Å². The van der Waals surface area contributed by atoms with Gasteiger partial charge in [0, 0.05) is 36.0 Å². The minimum atomic E-state index is -0.460. The second-order valence-electron chi connectivity index (χ2n) is 7.20. The summed E-state index contributed by atoms with van der Waals surface area (Å²) in [5.41, 5.74) is 3.13. The first-order chi connectivity index (χ1) is 15.5. The van der Waals surface area contributed by atoms with Crippen LogP contribution in [0.25, 0.3) is 22.1 Å². The average molecular weight is 430 g/mol. The number of nitrogens with one attached hydrogen (secondary N) is 1. The molecule has 0 bridgehead atoms. The molecule has 162 valence electrons. The van der Waals surface area contributed by atoms with E-state index in [9.17, 15) is 9.59 Å². The summed E-state index contributed by atoms with van der Waals surface area (Å²) in [7, 11) is 1.60. The third-order valence-electron chi connectivity index (χ3n) is 5.08. The molecule has 1 amide bonds. The fourth-order valence-corrected chi connectivity index (χ4v) is 3.41. The predicted molar refractivity (Wildman–Crippen MR) is 121 cm³/mol. The number of amides is 1. The molecule has 1 N–H and O–H groups in total. The Bertz CT molecular complexity index is 1300. The molecule has 0 atom stereocenters. The summed E-state index contributed by atoms with van der Waals surface area (Å²) >= 11 is 0. The van der Waals surface area contributed by atoms with Crippen LogP contribution in [0.5, 0.6) is 11.5 Å². The highest BCUT2D eigenvalue weighted by Crippen LogP contribution is 2.33. The zero-order chi connectivity index (χ0) is 22.5. The maximum absolute atomic E-state index is 12.2. The largest absolute Gasteiger partial charge is 0.497 e. The first kappa shape index (κ1) is 21.1. The zero-order valence-corrected chi connectivity index (χ0v) is 17.8. The van der Waals surface area contributed by atoms with Gasteiger partial charge in [-0.2, -0.15) is 0 Å². The van der Waals surface area contributed by atoms with Crippen molar-refractivity contribution in [1.82, 2.24) is 10.3 Å². The van der Waals surface area contributed by atoms with Gasteiger partial charge in [0.25, 0.3) is 5.91 Å². The normalized spacial score (nSPS) is 10.7. The molecule has 2 aromatic heterocycles. The lowest BCUT2D eigenvalue weighted by molar-refractivity contribution is -0.123. The van der Waals surface area contributed by atoms with E-state index in [2.05, 4.69) is 10.3 Å². The van der Waals surface area contributed by atoms with E-state index in [1.54, 1.807) is 32.5 Å². The number of aryl methyl sites for hydroxylation is 1. The molecule has 7 nitrogen and oxygen atoms in total. The lowest BCUT2D eigenvalue weighted by Crippen LogP contribution is -2.28. The monoisotopic (exact) mass is 430 g/mol. The molecule has 0 aliphatic carbocycles. The Balaban J connectivity index is 1.54. The quantitative estimate of drug-likeness (QED) is 0.448. The van der Waals surface area contributed by atoms with Gasteiger partial charge in [-0.15, -0.1) is 0 Å². The van der Waals surface area contributed by atoms with Crippen LogP contribution >= 0.6 is 0 Å². The van der Waals surface area contributed by atoms with Crippen LogP contribution in [-0.2, 0) is 11.3 Å². The Morgan fingerprint density at radius 1 is 1.12 bits per heavy atom. The van der Waals surface area contributed by atoms with Gasteiger partial charge in [0.05, 0.1) is 7.11 Å². The number of carbonyl (C=O) groups is 1. The number of fused-ring (bicyclic) bond motifs is 1. The van der Waals surface area contributed by atoms with Crippen molar-refractivity contribution in [2.75, 3.05) is 13.7 Å². The third kappa shape index (κ3) is 4.62. The van der Waals surface area contributed by atoms with Crippen LogP contribution in [0, 0.1) is 6.92 Å². The van der Waals surface area contributed by atoms with E-state index in [4.69, 9.17) is 13.9 Å². The second kappa shape index (κ2) is 9.34. The zero-order valence-electron chi connectivity index (χ0n) is 17.8. The van der Waals surface area contributed by atoms with Crippen molar-refractivity contribution < 1.29 is 18.7 Å². The van der Waals surface area contributed by atoms with Crippen molar-refractivity contribution in [3.8, 4) is 22.6 Å². The van der Waals surface area contributed by atoms with Crippen LogP contribution in [0.1, 0.15) is 11.1 Å². The Morgan fingerprint density at radius 2 is 1.94 bits per heavy atom. The Morgan fingerprint density at radius 3 is 2.66 bits per heavy atom. The minimum absolute atomic E-state index is 0.158. The molecule has 0 aliphatic rings. The van der Waals surface area contributed by atoms with Crippen LogP contribution in [0.3, 0.4) is 0 Å². The molecule has 0 aliphatic heterocycles. The molecule has 0 radical (unpaired) electrons. The van der Waals surface area contributed by atoms with Crippen molar-refractivity contribution in [3.05, 3.63) is 88.5 Å². The molecule has 32 heavy (non-hydrogen) atoms. The van der Waals surface area contributed by atoms with E-state index >= 15 is 0 Å². The Labute approximate surface area is 184 Å². The standard InChI is InChI=1S/C25H22N2O5/c1-16-22(31-15-23(28)27-14-17-4-3-11-26-13-17)10-9-20-21(12-24(29)32-25(16)20)18-5-7-19(30-2)8-6-18/h3-13H,14-15H2,1-2H3,(H,27,28). The lowest BCUT2D eigenvalue weighted by Gasteiger charge is -2.13. The van der Waals surface area contributed by atoms with Crippen molar-refractivity contribution in [2.45, 2.75) is 13.5 Å². The highest BCUT2D eigenvalue weighted by Gasteiger charge is 2.14. The smallest absolute Gasteiger partial charge is 0.336 e. The number of aromatic nitrogens is 1. The predicted octanol–water partition coefficient (Wildman–Crippen LogP) is 3.87. The van der Waals surface area contributed by atoms with E-state index < -0.39 is 5.63 Å². The van der Waals surface area contributed by atoms with Gasteiger partial charge in [-0.05, 0) is 53.9 Å². The number of carbonyl (C=O) groups excluding carboxylic acids is 1. The van der Waals surface area contributed by atoms with Gasteiger partial charge >= 0.3 is 5.63 Å². The van der Waals surface area contributed by atoms with Crippen LogP contribution in [0.15, 0.2) is 76.2 Å². The molecular weight excluding hydrogens is 408 g/mol. The maximum atomic E-state index is 12.2. The summed E-state index contributed by atoms with van der Waals surface area (Å²) < 4.78 is 16.4. The second-order valence-corrected chi connectivity index (χ2v) is 7.20. The van der Waals surface area contributed by atoms with Crippen LogP contribution in [0.2, 0.25) is 0 Å².